The van der Waals surface area contributed by atoms with Crippen molar-refractivity contribution in [2.24, 2.45) is 0 Å². The lowest BCUT2D eigenvalue weighted by Gasteiger charge is -2.23. The van der Waals surface area contributed by atoms with Crippen LogP contribution >= 0.6 is 0 Å². The maximum atomic E-state index is 10.4. The first-order chi connectivity index (χ1) is 5.93. The van der Waals surface area contributed by atoms with E-state index < -0.39 is 5.97 Å². The number of aliphatic hydroxyl groups is 1. The van der Waals surface area contributed by atoms with E-state index in [1.54, 1.807) is 6.92 Å². The van der Waals surface area contributed by atoms with Gasteiger partial charge in [-0.1, -0.05) is 0 Å². The average molecular weight is 189 g/mol. The predicted molar refractivity (Wildman–Crippen MR) is 50.6 cm³/mol. The largest absolute Gasteiger partial charge is 0.481 e. The molecule has 0 aliphatic carbocycles. The Bertz CT molecular complexity index is 159. The van der Waals surface area contributed by atoms with Crippen LogP contribution in [0.3, 0.4) is 0 Å². The summed E-state index contributed by atoms with van der Waals surface area (Å²) in [5.74, 6) is -0.781. The zero-order chi connectivity index (χ0) is 10.4. The van der Waals surface area contributed by atoms with Crippen LogP contribution in [0.2, 0.25) is 0 Å². The summed E-state index contributed by atoms with van der Waals surface area (Å²) in [7, 11) is 1.87. The fourth-order valence-corrected chi connectivity index (χ4v) is 1.02. The second-order valence-electron chi connectivity index (χ2n) is 3.57. The van der Waals surface area contributed by atoms with Crippen LogP contribution in [-0.4, -0.2) is 46.8 Å². The molecule has 0 aromatic carbocycles. The third-order valence-corrected chi connectivity index (χ3v) is 2.12. The van der Waals surface area contributed by atoms with Crippen molar-refractivity contribution in [3.05, 3.63) is 0 Å². The van der Waals surface area contributed by atoms with E-state index in [0.717, 1.165) is 6.54 Å². The highest BCUT2D eigenvalue weighted by atomic mass is 16.4. The smallest absolute Gasteiger partial charge is 0.304 e. The van der Waals surface area contributed by atoms with Crippen LogP contribution in [0.15, 0.2) is 0 Å². The molecule has 0 heterocycles. The minimum absolute atomic E-state index is 0.0243. The van der Waals surface area contributed by atoms with Crippen LogP contribution in [-0.2, 0) is 4.79 Å². The second-order valence-corrected chi connectivity index (χ2v) is 3.57. The molecule has 0 aromatic rings. The van der Waals surface area contributed by atoms with Gasteiger partial charge in [-0.2, -0.15) is 0 Å². The first kappa shape index (κ1) is 12.4. The molecule has 0 amide bonds. The van der Waals surface area contributed by atoms with Crippen molar-refractivity contribution in [2.45, 2.75) is 38.8 Å². The summed E-state index contributed by atoms with van der Waals surface area (Å²) in [6.45, 7) is 4.33. The lowest BCUT2D eigenvalue weighted by atomic mass is 10.2. The summed E-state index contributed by atoms with van der Waals surface area (Å²) in [4.78, 5) is 12.3. The zero-order valence-corrected chi connectivity index (χ0v) is 8.53. The zero-order valence-electron chi connectivity index (χ0n) is 8.53. The summed E-state index contributed by atoms with van der Waals surface area (Å²) in [5.41, 5.74) is 0. The number of aliphatic hydroxyl groups excluding tert-OH is 1. The highest BCUT2D eigenvalue weighted by Crippen LogP contribution is 2.03. The fourth-order valence-electron chi connectivity index (χ4n) is 1.02. The molecule has 0 rings (SSSR count). The van der Waals surface area contributed by atoms with Gasteiger partial charge in [0.25, 0.3) is 0 Å². The number of carboxylic acids is 1. The molecule has 2 unspecified atom stereocenters. The van der Waals surface area contributed by atoms with Crippen molar-refractivity contribution in [3.63, 3.8) is 0 Å². The van der Waals surface area contributed by atoms with Gasteiger partial charge in [0.15, 0.2) is 0 Å². The Morgan fingerprint density at radius 3 is 2.38 bits per heavy atom. The van der Waals surface area contributed by atoms with Gasteiger partial charge in [0.05, 0.1) is 12.5 Å². The first-order valence-corrected chi connectivity index (χ1v) is 4.53. The molecule has 0 aliphatic heterocycles. The number of hydrogen-bond acceptors (Lipinski definition) is 3. The third kappa shape index (κ3) is 6.54. The maximum absolute atomic E-state index is 10.4. The molecule has 0 aliphatic rings. The highest BCUT2D eigenvalue weighted by Gasteiger charge is 2.12. The molecule has 4 heteroatoms. The molecule has 0 aromatic heterocycles. The van der Waals surface area contributed by atoms with Gasteiger partial charge in [-0.15, -0.1) is 0 Å². The summed E-state index contributed by atoms with van der Waals surface area (Å²) >= 11 is 0. The number of nitrogens with zero attached hydrogens (tertiary/aromatic N) is 1. The van der Waals surface area contributed by atoms with E-state index in [9.17, 15) is 4.79 Å². The molecule has 0 bridgehead atoms. The van der Waals surface area contributed by atoms with Gasteiger partial charge in [-0.3, -0.25) is 4.79 Å². The molecule has 2 N–H and O–H groups in total. The maximum Gasteiger partial charge on any atom is 0.304 e. The Morgan fingerprint density at radius 1 is 1.46 bits per heavy atom. The van der Waals surface area contributed by atoms with Crippen LogP contribution < -0.4 is 0 Å². The Hall–Kier alpha value is -0.610. The van der Waals surface area contributed by atoms with Crippen molar-refractivity contribution >= 4 is 5.97 Å². The van der Waals surface area contributed by atoms with Gasteiger partial charge in [0.2, 0.25) is 0 Å². The van der Waals surface area contributed by atoms with Crippen LogP contribution in [0.1, 0.15) is 26.7 Å². The molecule has 0 spiro atoms. The van der Waals surface area contributed by atoms with Crippen molar-refractivity contribution in [1.82, 2.24) is 4.90 Å². The second kappa shape index (κ2) is 5.94. The van der Waals surface area contributed by atoms with Gasteiger partial charge in [0, 0.05) is 12.6 Å². The summed E-state index contributed by atoms with van der Waals surface area (Å²) in [5, 5.41) is 17.6. The Morgan fingerprint density at radius 2 is 2.00 bits per heavy atom. The lowest BCUT2D eigenvalue weighted by Crippen LogP contribution is -2.33. The number of hydrogen-bond donors (Lipinski definition) is 2. The predicted octanol–water partition coefficient (Wildman–Crippen LogP) is 0.552. The molecule has 78 valence electrons. The Kier molecular flexibility index (Phi) is 5.66. The van der Waals surface area contributed by atoms with E-state index in [1.165, 1.54) is 0 Å². The summed E-state index contributed by atoms with van der Waals surface area (Å²) in [6, 6.07) is 0.0243. The molecule has 0 saturated carbocycles. The number of carboxylic acid groups (broad SMARTS) is 1. The normalized spacial score (nSPS) is 15.8. The topological polar surface area (TPSA) is 60.8 Å². The van der Waals surface area contributed by atoms with Crippen molar-refractivity contribution in [2.75, 3.05) is 13.6 Å². The van der Waals surface area contributed by atoms with E-state index >= 15 is 0 Å². The molecule has 2 atom stereocenters. The van der Waals surface area contributed by atoms with Crippen LogP contribution in [0.4, 0.5) is 0 Å². The minimum atomic E-state index is -0.781. The van der Waals surface area contributed by atoms with Crippen molar-refractivity contribution in [3.8, 4) is 0 Å². The number of rotatable bonds is 6. The first-order valence-electron chi connectivity index (χ1n) is 4.53. The number of carbonyl (C=O) groups is 1. The monoisotopic (exact) mass is 189 g/mol. The molecule has 0 saturated heterocycles. The molecular formula is C9H19NO3. The standard InChI is InChI=1S/C9H19NO3/c1-7(6-9(12)13)10(3)5-4-8(2)11/h7-8,11H,4-6H2,1-3H3,(H,12,13). The minimum Gasteiger partial charge on any atom is -0.481 e. The van der Waals surface area contributed by atoms with Crippen molar-refractivity contribution in [1.29, 1.82) is 0 Å². The molecular weight excluding hydrogens is 170 g/mol. The molecule has 13 heavy (non-hydrogen) atoms. The number of aliphatic carboxylic acids is 1. The highest BCUT2D eigenvalue weighted by molar-refractivity contribution is 5.67. The van der Waals surface area contributed by atoms with Gasteiger partial charge in [-0.05, 0) is 27.3 Å². The van der Waals surface area contributed by atoms with E-state index in [4.69, 9.17) is 10.2 Å². The average Bonchev–Trinajstić information content (AvgIpc) is 1.98. The van der Waals surface area contributed by atoms with Crippen LogP contribution in [0.25, 0.3) is 0 Å². The summed E-state index contributed by atoms with van der Waals surface area (Å²) < 4.78 is 0. The van der Waals surface area contributed by atoms with E-state index in [0.29, 0.717) is 6.42 Å². The van der Waals surface area contributed by atoms with E-state index in [1.807, 2.05) is 18.9 Å². The third-order valence-electron chi connectivity index (χ3n) is 2.12. The fraction of sp³-hybridized carbons (Fsp3) is 0.889. The molecule has 0 radical (unpaired) electrons. The van der Waals surface area contributed by atoms with Gasteiger partial charge < -0.3 is 15.1 Å². The van der Waals surface area contributed by atoms with E-state index in [-0.39, 0.29) is 18.6 Å². The van der Waals surface area contributed by atoms with Gasteiger partial charge in [0.1, 0.15) is 0 Å². The van der Waals surface area contributed by atoms with Gasteiger partial charge >= 0.3 is 5.97 Å². The van der Waals surface area contributed by atoms with Gasteiger partial charge in [-0.25, -0.2) is 0 Å². The van der Waals surface area contributed by atoms with Crippen LogP contribution in [0, 0.1) is 0 Å². The van der Waals surface area contributed by atoms with E-state index in [2.05, 4.69) is 0 Å². The molecule has 4 nitrogen and oxygen atoms in total. The lowest BCUT2D eigenvalue weighted by molar-refractivity contribution is -0.138. The van der Waals surface area contributed by atoms with Crippen molar-refractivity contribution < 1.29 is 15.0 Å². The Balaban J connectivity index is 3.68. The van der Waals surface area contributed by atoms with Crippen LogP contribution in [0.5, 0.6) is 0 Å². The quantitative estimate of drug-likeness (QED) is 0.640. The summed E-state index contributed by atoms with van der Waals surface area (Å²) in [6.07, 6.45) is 0.510. The SMILES string of the molecule is CC(O)CCN(C)C(C)CC(=O)O. The Labute approximate surface area is 79.2 Å². The molecule has 0 fully saturated rings.